The van der Waals surface area contributed by atoms with Crippen LogP contribution in [0.3, 0.4) is 0 Å². The highest BCUT2D eigenvalue weighted by Crippen LogP contribution is 2.24. The van der Waals surface area contributed by atoms with Crippen LogP contribution in [0.2, 0.25) is 0 Å². The molecule has 0 radical (unpaired) electrons. The van der Waals surface area contributed by atoms with Crippen molar-refractivity contribution in [3.05, 3.63) is 29.3 Å². The standard InChI is InChI=1S/C12H17NO2/c14-9-10-4-3-5-12(15)11(10)8-13-6-1-2-7-13/h3-5,14-15H,1-2,6-9H2. The minimum absolute atomic E-state index is 0.00241. The van der Waals surface area contributed by atoms with Gasteiger partial charge in [-0.05, 0) is 37.6 Å². The Hall–Kier alpha value is -1.06. The average Bonchev–Trinajstić information content (AvgIpc) is 2.74. The molecule has 0 spiro atoms. The molecule has 0 saturated carbocycles. The smallest absolute Gasteiger partial charge is 0.120 e. The van der Waals surface area contributed by atoms with E-state index >= 15 is 0 Å². The van der Waals surface area contributed by atoms with Crippen LogP contribution in [0.5, 0.6) is 5.75 Å². The lowest BCUT2D eigenvalue weighted by Crippen LogP contribution is -2.19. The van der Waals surface area contributed by atoms with Gasteiger partial charge in [-0.25, -0.2) is 0 Å². The summed E-state index contributed by atoms with van der Waals surface area (Å²) in [6.07, 6.45) is 2.48. The highest BCUT2D eigenvalue weighted by molar-refractivity contribution is 5.38. The van der Waals surface area contributed by atoms with Gasteiger partial charge in [0.25, 0.3) is 0 Å². The summed E-state index contributed by atoms with van der Waals surface area (Å²) in [5, 5.41) is 18.9. The van der Waals surface area contributed by atoms with Crippen LogP contribution in [0.25, 0.3) is 0 Å². The second-order valence-corrected chi connectivity index (χ2v) is 4.06. The largest absolute Gasteiger partial charge is 0.508 e. The molecule has 0 unspecified atom stereocenters. The highest BCUT2D eigenvalue weighted by atomic mass is 16.3. The Bertz CT molecular complexity index is 332. The first-order chi connectivity index (χ1) is 7.31. The van der Waals surface area contributed by atoms with Gasteiger partial charge >= 0.3 is 0 Å². The molecule has 0 amide bonds. The van der Waals surface area contributed by atoms with Gasteiger partial charge in [0.1, 0.15) is 5.75 Å². The molecule has 1 aliphatic rings. The first-order valence-corrected chi connectivity index (χ1v) is 5.44. The Morgan fingerprint density at radius 3 is 2.60 bits per heavy atom. The summed E-state index contributed by atoms with van der Waals surface area (Å²) in [5.41, 5.74) is 1.71. The van der Waals surface area contributed by atoms with Crippen molar-refractivity contribution in [2.45, 2.75) is 26.0 Å². The number of phenols is 1. The molecule has 1 aromatic carbocycles. The summed E-state index contributed by atoms with van der Waals surface area (Å²) in [6.45, 7) is 2.94. The number of rotatable bonds is 3. The van der Waals surface area contributed by atoms with Crippen LogP contribution in [-0.4, -0.2) is 28.2 Å². The van der Waals surface area contributed by atoms with E-state index in [0.717, 1.165) is 30.8 Å². The summed E-state index contributed by atoms with van der Waals surface area (Å²) in [4.78, 5) is 2.31. The second-order valence-electron chi connectivity index (χ2n) is 4.06. The summed E-state index contributed by atoms with van der Waals surface area (Å²) in [6, 6.07) is 5.32. The number of aliphatic hydroxyl groups excluding tert-OH is 1. The number of hydrogen-bond donors (Lipinski definition) is 2. The normalized spacial score (nSPS) is 17.1. The van der Waals surface area contributed by atoms with E-state index in [0.29, 0.717) is 5.75 Å². The van der Waals surface area contributed by atoms with Gasteiger partial charge in [0, 0.05) is 12.1 Å². The van der Waals surface area contributed by atoms with Gasteiger partial charge in [0.15, 0.2) is 0 Å². The lowest BCUT2D eigenvalue weighted by Gasteiger charge is -2.17. The first-order valence-electron chi connectivity index (χ1n) is 5.44. The van der Waals surface area contributed by atoms with Crippen LogP contribution < -0.4 is 0 Å². The van der Waals surface area contributed by atoms with Crippen LogP contribution in [0.15, 0.2) is 18.2 Å². The van der Waals surface area contributed by atoms with Crippen molar-refractivity contribution in [2.24, 2.45) is 0 Å². The minimum atomic E-state index is -0.00241. The molecule has 82 valence electrons. The van der Waals surface area contributed by atoms with Gasteiger partial charge < -0.3 is 10.2 Å². The predicted molar refractivity (Wildman–Crippen MR) is 58.5 cm³/mol. The molecule has 1 aromatic rings. The quantitative estimate of drug-likeness (QED) is 0.789. The second kappa shape index (κ2) is 4.64. The Morgan fingerprint density at radius 1 is 1.20 bits per heavy atom. The van der Waals surface area contributed by atoms with Crippen LogP contribution >= 0.6 is 0 Å². The van der Waals surface area contributed by atoms with E-state index in [1.54, 1.807) is 12.1 Å². The fourth-order valence-corrected chi connectivity index (χ4v) is 2.12. The molecule has 3 heteroatoms. The number of hydrogen-bond acceptors (Lipinski definition) is 3. The van der Waals surface area contributed by atoms with Gasteiger partial charge in [-0.3, -0.25) is 4.90 Å². The Labute approximate surface area is 90.0 Å². The van der Waals surface area contributed by atoms with Crippen LogP contribution in [0.4, 0.5) is 0 Å². The van der Waals surface area contributed by atoms with Crippen LogP contribution in [0.1, 0.15) is 24.0 Å². The number of phenolic OH excluding ortho intramolecular Hbond substituents is 1. The molecule has 1 saturated heterocycles. The highest BCUT2D eigenvalue weighted by Gasteiger charge is 2.15. The number of likely N-dealkylation sites (tertiary alicyclic amines) is 1. The van der Waals surface area contributed by atoms with Crippen LogP contribution in [0, 0.1) is 0 Å². The Balaban J connectivity index is 2.17. The Kier molecular flexibility index (Phi) is 3.23. The zero-order valence-corrected chi connectivity index (χ0v) is 8.82. The lowest BCUT2D eigenvalue weighted by molar-refractivity contribution is 0.272. The zero-order valence-electron chi connectivity index (χ0n) is 8.82. The topological polar surface area (TPSA) is 43.7 Å². The molecule has 1 aliphatic heterocycles. The fraction of sp³-hybridized carbons (Fsp3) is 0.500. The molecule has 15 heavy (non-hydrogen) atoms. The Morgan fingerprint density at radius 2 is 1.93 bits per heavy atom. The fourth-order valence-electron chi connectivity index (χ4n) is 2.12. The van der Waals surface area contributed by atoms with Gasteiger partial charge in [-0.1, -0.05) is 12.1 Å². The van der Waals surface area contributed by atoms with Gasteiger partial charge in [0.05, 0.1) is 6.61 Å². The molecular formula is C12H17NO2. The third-order valence-corrected chi connectivity index (χ3v) is 3.00. The lowest BCUT2D eigenvalue weighted by atomic mass is 10.1. The van der Waals surface area contributed by atoms with Gasteiger partial charge in [0.2, 0.25) is 0 Å². The maximum atomic E-state index is 9.75. The third-order valence-electron chi connectivity index (χ3n) is 3.00. The summed E-state index contributed by atoms with van der Waals surface area (Å²) < 4.78 is 0. The van der Waals surface area contributed by atoms with E-state index in [-0.39, 0.29) is 6.61 Å². The molecule has 2 rings (SSSR count). The van der Waals surface area contributed by atoms with Crippen molar-refractivity contribution in [3.8, 4) is 5.75 Å². The third kappa shape index (κ3) is 2.30. The summed E-state index contributed by atoms with van der Waals surface area (Å²) in [5.74, 6) is 0.299. The zero-order chi connectivity index (χ0) is 10.7. The number of nitrogens with zero attached hydrogens (tertiary/aromatic N) is 1. The number of benzene rings is 1. The summed E-state index contributed by atoms with van der Waals surface area (Å²) in [7, 11) is 0. The van der Waals surface area contributed by atoms with Crippen molar-refractivity contribution in [1.29, 1.82) is 0 Å². The predicted octanol–water partition coefficient (Wildman–Crippen LogP) is 1.48. The van der Waals surface area contributed by atoms with Crippen molar-refractivity contribution in [3.63, 3.8) is 0 Å². The van der Waals surface area contributed by atoms with E-state index in [9.17, 15) is 10.2 Å². The van der Waals surface area contributed by atoms with E-state index < -0.39 is 0 Å². The first kappa shape index (κ1) is 10.5. The molecule has 0 atom stereocenters. The van der Waals surface area contributed by atoms with E-state index in [1.165, 1.54) is 12.8 Å². The molecular weight excluding hydrogens is 190 g/mol. The van der Waals surface area contributed by atoms with Crippen molar-refractivity contribution < 1.29 is 10.2 Å². The number of aromatic hydroxyl groups is 1. The molecule has 0 aromatic heterocycles. The van der Waals surface area contributed by atoms with Gasteiger partial charge in [-0.15, -0.1) is 0 Å². The van der Waals surface area contributed by atoms with Crippen molar-refractivity contribution >= 4 is 0 Å². The van der Waals surface area contributed by atoms with Crippen molar-refractivity contribution in [1.82, 2.24) is 4.90 Å². The van der Waals surface area contributed by atoms with Crippen LogP contribution in [-0.2, 0) is 13.2 Å². The SMILES string of the molecule is OCc1cccc(O)c1CN1CCCC1. The summed E-state index contributed by atoms with van der Waals surface area (Å²) >= 11 is 0. The van der Waals surface area contributed by atoms with Crippen molar-refractivity contribution in [2.75, 3.05) is 13.1 Å². The minimum Gasteiger partial charge on any atom is -0.508 e. The molecule has 2 N–H and O–H groups in total. The molecule has 0 bridgehead atoms. The molecule has 1 heterocycles. The molecule has 3 nitrogen and oxygen atoms in total. The average molecular weight is 207 g/mol. The van der Waals surface area contributed by atoms with E-state index in [2.05, 4.69) is 4.90 Å². The maximum absolute atomic E-state index is 9.75. The molecule has 0 aliphatic carbocycles. The monoisotopic (exact) mass is 207 g/mol. The van der Waals surface area contributed by atoms with E-state index in [4.69, 9.17) is 0 Å². The number of aliphatic hydroxyl groups is 1. The van der Waals surface area contributed by atoms with Gasteiger partial charge in [-0.2, -0.15) is 0 Å². The maximum Gasteiger partial charge on any atom is 0.120 e. The van der Waals surface area contributed by atoms with E-state index in [1.807, 2.05) is 6.07 Å². The molecule has 1 fully saturated rings.